The number of alkyl halides is 3. The second-order valence-corrected chi connectivity index (χ2v) is 6.20. The quantitative estimate of drug-likeness (QED) is 0.827. The van der Waals surface area contributed by atoms with E-state index in [9.17, 15) is 13.2 Å². The maximum atomic E-state index is 10.6. The summed E-state index contributed by atoms with van der Waals surface area (Å²) in [6.07, 6.45) is -1.42. The molecule has 2 atom stereocenters. The average molecular weight is 353 g/mol. The van der Waals surface area contributed by atoms with E-state index >= 15 is 0 Å². The van der Waals surface area contributed by atoms with Gasteiger partial charge in [0.2, 0.25) is 0 Å². The molecule has 0 amide bonds. The van der Waals surface area contributed by atoms with Crippen LogP contribution in [0.5, 0.6) is 0 Å². The molecule has 1 aromatic carbocycles. The van der Waals surface area contributed by atoms with Crippen LogP contribution in [0.2, 0.25) is 0 Å². The normalized spacial score (nSPS) is 21.3. The Hall–Kier alpha value is -2.35. The third kappa shape index (κ3) is 3.53. The number of aromatic nitrogens is 2. The maximum Gasteiger partial charge on any atom is 0.490 e. The fourth-order valence-electron chi connectivity index (χ4n) is 3.47. The van der Waals surface area contributed by atoms with E-state index in [1.807, 2.05) is 0 Å². The van der Waals surface area contributed by atoms with Crippen LogP contribution in [0.3, 0.4) is 0 Å². The molecule has 8 heteroatoms. The Bertz CT molecular complexity index is 771. The van der Waals surface area contributed by atoms with Crippen molar-refractivity contribution in [3.63, 3.8) is 0 Å². The summed E-state index contributed by atoms with van der Waals surface area (Å²) in [6, 6.07) is 11.8. The van der Waals surface area contributed by atoms with Gasteiger partial charge in [-0.25, -0.2) is 4.79 Å². The van der Waals surface area contributed by atoms with Crippen molar-refractivity contribution >= 4 is 5.97 Å². The number of halogens is 3. The Kier molecular flexibility index (Phi) is 4.55. The predicted octanol–water partition coefficient (Wildman–Crippen LogP) is 3.07. The molecule has 134 valence electrons. The van der Waals surface area contributed by atoms with Crippen LogP contribution in [-0.4, -0.2) is 33.1 Å². The van der Waals surface area contributed by atoms with E-state index in [1.165, 1.54) is 35.4 Å². The van der Waals surface area contributed by atoms with E-state index in [-0.39, 0.29) is 0 Å². The first-order valence-corrected chi connectivity index (χ1v) is 7.94. The minimum Gasteiger partial charge on any atom is -0.475 e. The Morgan fingerprint density at radius 3 is 2.52 bits per heavy atom. The lowest BCUT2D eigenvalue weighted by Crippen LogP contribution is -2.31. The fraction of sp³-hybridized carbons (Fsp3) is 0.412. The minimum atomic E-state index is -5.08. The lowest BCUT2D eigenvalue weighted by atomic mass is 9.96. The molecule has 0 aliphatic carbocycles. The van der Waals surface area contributed by atoms with Crippen molar-refractivity contribution in [1.29, 1.82) is 0 Å². The Morgan fingerprint density at radius 2 is 1.92 bits per heavy atom. The average Bonchev–Trinajstić information content (AvgIpc) is 3.10. The molecule has 3 heterocycles. The number of carbonyl (C=O) groups is 1. The van der Waals surface area contributed by atoms with Crippen LogP contribution in [0.15, 0.2) is 30.3 Å². The van der Waals surface area contributed by atoms with Gasteiger partial charge in [0, 0.05) is 24.2 Å². The molecular weight excluding hydrogens is 335 g/mol. The van der Waals surface area contributed by atoms with Crippen molar-refractivity contribution in [3.05, 3.63) is 41.6 Å². The van der Waals surface area contributed by atoms with Crippen LogP contribution in [-0.2, 0) is 18.3 Å². The van der Waals surface area contributed by atoms with Gasteiger partial charge in [0.25, 0.3) is 0 Å². The monoisotopic (exact) mass is 353 g/mol. The van der Waals surface area contributed by atoms with Gasteiger partial charge in [-0.1, -0.05) is 30.3 Å². The number of fused-ring (bicyclic) bond motifs is 4. The summed E-state index contributed by atoms with van der Waals surface area (Å²) in [6.45, 7) is 0. The predicted molar refractivity (Wildman–Crippen MR) is 84.9 cm³/mol. The molecule has 2 N–H and O–H groups in total. The van der Waals surface area contributed by atoms with Crippen molar-refractivity contribution in [2.24, 2.45) is 7.05 Å². The third-order valence-corrected chi connectivity index (χ3v) is 4.49. The number of benzene rings is 1. The first kappa shape index (κ1) is 17.5. The van der Waals surface area contributed by atoms with E-state index in [0.717, 1.165) is 6.42 Å². The molecule has 4 rings (SSSR count). The van der Waals surface area contributed by atoms with Crippen LogP contribution in [0.25, 0.3) is 11.3 Å². The largest absolute Gasteiger partial charge is 0.490 e. The molecule has 2 bridgehead atoms. The molecule has 2 aliphatic heterocycles. The molecule has 0 radical (unpaired) electrons. The SMILES string of the molecule is Cn1nc2c(c1-c1ccccc1)CC1CCC2N1.O=C(O)C(F)(F)F. The van der Waals surface area contributed by atoms with Crippen molar-refractivity contribution in [1.82, 2.24) is 15.1 Å². The second-order valence-electron chi connectivity index (χ2n) is 6.20. The van der Waals surface area contributed by atoms with Gasteiger partial charge in [0.1, 0.15) is 0 Å². The van der Waals surface area contributed by atoms with Crippen molar-refractivity contribution < 1.29 is 23.1 Å². The molecule has 2 unspecified atom stereocenters. The standard InChI is InChI=1S/C15H17N3.C2HF3O2/c1-18-15(10-5-3-2-4-6-10)12-9-11-7-8-13(16-11)14(12)17-18;3-2(4,5)1(6)7/h2-6,11,13,16H,7-9H2,1H3;(H,6,7). The van der Waals surface area contributed by atoms with E-state index in [2.05, 4.69) is 47.4 Å². The molecule has 5 nitrogen and oxygen atoms in total. The van der Waals surface area contributed by atoms with Gasteiger partial charge in [-0.2, -0.15) is 18.3 Å². The number of rotatable bonds is 1. The summed E-state index contributed by atoms with van der Waals surface area (Å²) in [5.41, 5.74) is 5.35. The van der Waals surface area contributed by atoms with Gasteiger partial charge in [-0.3, -0.25) is 4.68 Å². The highest BCUT2D eigenvalue weighted by Crippen LogP contribution is 2.39. The van der Waals surface area contributed by atoms with Crippen LogP contribution in [0.1, 0.15) is 30.1 Å². The van der Waals surface area contributed by atoms with E-state index in [1.54, 1.807) is 0 Å². The zero-order valence-electron chi connectivity index (χ0n) is 13.5. The van der Waals surface area contributed by atoms with E-state index < -0.39 is 12.1 Å². The summed E-state index contributed by atoms with van der Waals surface area (Å²) in [5, 5.41) is 15.5. The van der Waals surface area contributed by atoms with Crippen LogP contribution in [0, 0.1) is 0 Å². The van der Waals surface area contributed by atoms with Crippen LogP contribution < -0.4 is 5.32 Å². The molecular formula is C17H18F3N3O2. The highest BCUT2D eigenvalue weighted by molar-refractivity contribution is 5.73. The number of aliphatic carboxylic acids is 1. The van der Waals surface area contributed by atoms with Crippen molar-refractivity contribution in [2.45, 2.75) is 37.5 Å². The first-order chi connectivity index (χ1) is 11.8. The Balaban J connectivity index is 0.000000225. The zero-order chi connectivity index (χ0) is 18.2. The van der Waals surface area contributed by atoms with Crippen LogP contribution in [0.4, 0.5) is 13.2 Å². The number of carboxylic acids is 1. The van der Waals surface area contributed by atoms with Crippen molar-refractivity contribution in [2.75, 3.05) is 0 Å². The maximum absolute atomic E-state index is 10.6. The molecule has 0 saturated carbocycles. The zero-order valence-corrected chi connectivity index (χ0v) is 13.5. The first-order valence-electron chi connectivity index (χ1n) is 7.94. The van der Waals surface area contributed by atoms with Gasteiger partial charge in [-0.05, 0) is 19.3 Å². The van der Waals surface area contributed by atoms with Gasteiger partial charge < -0.3 is 10.4 Å². The Morgan fingerprint density at radius 1 is 1.28 bits per heavy atom. The number of hydrogen-bond donors (Lipinski definition) is 2. The number of hydrogen-bond acceptors (Lipinski definition) is 3. The summed E-state index contributed by atoms with van der Waals surface area (Å²) in [7, 11) is 2.06. The lowest BCUT2D eigenvalue weighted by Gasteiger charge is -2.20. The number of carboxylic acid groups (broad SMARTS) is 1. The summed E-state index contributed by atoms with van der Waals surface area (Å²) < 4.78 is 33.8. The highest BCUT2D eigenvalue weighted by atomic mass is 19.4. The topological polar surface area (TPSA) is 67.2 Å². The minimum absolute atomic E-state index is 0.488. The number of nitrogens with one attached hydrogen (secondary N) is 1. The summed E-state index contributed by atoms with van der Waals surface area (Å²) in [4.78, 5) is 8.90. The smallest absolute Gasteiger partial charge is 0.475 e. The molecule has 25 heavy (non-hydrogen) atoms. The molecule has 1 fully saturated rings. The Labute approximate surface area is 142 Å². The summed E-state index contributed by atoms with van der Waals surface area (Å²) in [5.74, 6) is -2.76. The van der Waals surface area contributed by atoms with Crippen LogP contribution >= 0.6 is 0 Å². The van der Waals surface area contributed by atoms with Gasteiger partial charge in [0.15, 0.2) is 0 Å². The number of aryl methyl sites for hydroxylation is 1. The molecule has 2 aliphatic rings. The third-order valence-electron chi connectivity index (χ3n) is 4.49. The second kappa shape index (κ2) is 6.51. The molecule has 0 spiro atoms. The van der Waals surface area contributed by atoms with Crippen molar-refractivity contribution in [3.8, 4) is 11.3 Å². The van der Waals surface area contributed by atoms with E-state index in [0.29, 0.717) is 12.1 Å². The highest BCUT2D eigenvalue weighted by Gasteiger charge is 2.38. The summed E-state index contributed by atoms with van der Waals surface area (Å²) >= 11 is 0. The van der Waals surface area contributed by atoms with Gasteiger partial charge in [-0.15, -0.1) is 0 Å². The van der Waals surface area contributed by atoms with E-state index in [4.69, 9.17) is 15.0 Å². The lowest BCUT2D eigenvalue weighted by molar-refractivity contribution is -0.192. The molecule has 2 aromatic rings. The number of nitrogens with zero attached hydrogens (tertiary/aromatic N) is 2. The molecule has 1 aromatic heterocycles. The molecule has 1 saturated heterocycles. The van der Waals surface area contributed by atoms with Gasteiger partial charge >= 0.3 is 12.1 Å². The fourth-order valence-corrected chi connectivity index (χ4v) is 3.47. The van der Waals surface area contributed by atoms with Gasteiger partial charge in [0.05, 0.1) is 17.4 Å².